The van der Waals surface area contributed by atoms with E-state index in [2.05, 4.69) is 10.3 Å². The van der Waals surface area contributed by atoms with Gasteiger partial charge in [-0.1, -0.05) is 23.7 Å². The molecule has 2 aromatic rings. The van der Waals surface area contributed by atoms with Crippen LogP contribution in [0.5, 0.6) is 0 Å². The van der Waals surface area contributed by atoms with Gasteiger partial charge in [-0.25, -0.2) is 4.79 Å². The largest absolute Gasteiger partial charge is 0.465 e. The van der Waals surface area contributed by atoms with E-state index in [0.717, 1.165) is 5.56 Å². The number of carbonyl (C=O) groups is 3. The molecule has 1 heterocycles. The van der Waals surface area contributed by atoms with Crippen LogP contribution in [0.25, 0.3) is 0 Å². The summed E-state index contributed by atoms with van der Waals surface area (Å²) in [5, 5.41) is 3.39. The van der Waals surface area contributed by atoms with E-state index in [-0.39, 0.29) is 23.7 Å². The lowest BCUT2D eigenvalue weighted by Gasteiger charge is -2.06. The Bertz CT molecular complexity index is 809. The Morgan fingerprint density at radius 3 is 2.40 bits per heavy atom. The average Bonchev–Trinajstić information content (AvgIpc) is 2.90. The van der Waals surface area contributed by atoms with Crippen LogP contribution in [0.2, 0.25) is 5.02 Å². The Hall–Kier alpha value is -2.60. The van der Waals surface area contributed by atoms with Crippen LogP contribution in [-0.2, 0) is 22.5 Å². The molecule has 0 saturated heterocycles. The highest BCUT2D eigenvalue weighted by Crippen LogP contribution is 2.20. The number of carbonyl (C=O) groups excluding carboxylic acids is 3. The zero-order chi connectivity index (χ0) is 18.6. The van der Waals surface area contributed by atoms with Gasteiger partial charge in [-0.15, -0.1) is 0 Å². The number of benzene rings is 1. The summed E-state index contributed by atoms with van der Waals surface area (Å²) in [6.45, 7) is 3.38. The molecular formula is C18H19ClN2O4. The molecule has 2 N–H and O–H groups in total. The van der Waals surface area contributed by atoms with E-state index < -0.39 is 5.97 Å². The fourth-order valence-electron chi connectivity index (χ4n) is 2.55. The number of nitrogens with one attached hydrogen (secondary N) is 2. The molecule has 0 aliphatic carbocycles. The standard InChI is InChI=1S/C18H19ClN2O4/c1-10-16(18(24)25-3)14(21-17(10)11(2)22)8-15(23)20-9-12-4-6-13(19)7-5-12/h4-7,21H,8-9H2,1-3H3,(H,20,23). The molecule has 0 fully saturated rings. The average molecular weight is 363 g/mol. The minimum absolute atomic E-state index is 0.0634. The van der Waals surface area contributed by atoms with E-state index in [9.17, 15) is 14.4 Å². The molecule has 7 heteroatoms. The first-order valence-corrected chi connectivity index (χ1v) is 8.03. The molecule has 1 aromatic heterocycles. The molecule has 2 rings (SSSR count). The Kier molecular flexibility index (Phi) is 5.98. The third-order valence-corrected chi connectivity index (χ3v) is 4.06. The number of ether oxygens (including phenoxy) is 1. The van der Waals surface area contributed by atoms with Crippen LogP contribution in [0, 0.1) is 6.92 Å². The predicted octanol–water partition coefficient (Wildman–Crippen LogP) is 2.82. The molecule has 1 amide bonds. The highest BCUT2D eigenvalue weighted by molar-refractivity contribution is 6.30. The lowest BCUT2D eigenvalue weighted by atomic mass is 10.1. The van der Waals surface area contributed by atoms with E-state index in [1.54, 1.807) is 19.1 Å². The minimum atomic E-state index is -0.582. The summed E-state index contributed by atoms with van der Waals surface area (Å²) >= 11 is 5.82. The molecule has 0 saturated carbocycles. The van der Waals surface area contributed by atoms with E-state index in [4.69, 9.17) is 16.3 Å². The molecule has 0 unspecified atom stereocenters. The first-order chi connectivity index (χ1) is 11.8. The second kappa shape index (κ2) is 7.98. The topological polar surface area (TPSA) is 88.3 Å². The van der Waals surface area contributed by atoms with Crippen molar-refractivity contribution in [1.29, 1.82) is 0 Å². The number of aromatic nitrogens is 1. The lowest BCUT2D eigenvalue weighted by molar-refractivity contribution is -0.120. The fourth-order valence-corrected chi connectivity index (χ4v) is 2.67. The molecule has 0 aliphatic heterocycles. The first kappa shape index (κ1) is 18.7. The van der Waals surface area contributed by atoms with Gasteiger partial charge >= 0.3 is 5.97 Å². The predicted molar refractivity (Wildman–Crippen MR) is 93.9 cm³/mol. The number of amides is 1. The minimum Gasteiger partial charge on any atom is -0.465 e. The van der Waals surface area contributed by atoms with Crippen molar-refractivity contribution in [1.82, 2.24) is 10.3 Å². The molecule has 0 radical (unpaired) electrons. The van der Waals surface area contributed by atoms with Crippen molar-refractivity contribution < 1.29 is 19.1 Å². The van der Waals surface area contributed by atoms with E-state index >= 15 is 0 Å². The highest BCUT2D eigenvalue weighted by Gasteiger charge is 2.24. The van der Waals surface area contributed by atoms with Gasteiger partial charge in [-0.05, 0) is 30.2 Å². The molecule has 0 spiro atoms. The Morgan fingerprint density at radius 1 is 1.20 bits per heavy atom. The number of ketones is 1. The fraction of sp³-hybridized carbons (Fsp3) is 0.278. The molecular weight excluding hydrogens is 344 g/mol. The second-order valence-corrected chi connectivity index (χ2v) is 6.04. The highest BCUT2D eigenvalue weighted by atomic mass is 35.5. The normalized spacial score (nSPS) is 10.4. The van der Waals surface area contributed by atoms with E-state index in [0.29, 0.717) is 28.5 Å². The number of hydrogen-bond donors (Lipinski definition) is 2. The molecule has 0 bridgehead atoms. The molecule has 0 atom stereocenters. The molecule has 132 valence electrons. The van der Waals surface area contributed by atoms with Gasteiger partial charge in [0.1, 0.15) is 0 Å². The Balaban J connectivity index is 2.14. The van der Waals surface area contributed by atoms with Crippen LogP contribution in [0.1, 0.15) is 44.6 Å². The van der Waals surface area contributed by atoms with Gasteiger partial charge in [-0.2, -0.15) is 0 Å². The van der Waals surface area contributed by atoms with Crippen LogP contribution >= 0.6 is 11.6 Å². The third-order valence-electron chi connectivity index (χ3n) is 3.81. The number of methoxy groups -OCH3 is 1. The summed E-state index contributed by atoms with van der Waals surface area (Å²) in [6.07, 6.45) is -0.0634. The van der Waals surface area contributed by atoms with Gasteiger partial charge in [0.05, 0.1) is 24.8 Å². The van der Waals surface area contributed by atoms with Crippen molar-refractivity contribution >= 4 is 29.3 Å². The number of H-pyrrole nitrogens is 1. The zero-order valence-corrected chi connectivity index (χ0v) is 15.0. The van der Waals surface area contributed by atoms with Crippen molar-refractivity contribution in [2.75, 3.05) is 7.11 Å². The Morgan fingerprint density at radius 2 is 1.84 bits per heavy atom. The van der Waals surface area contributed by atoms with Crippen LogP contribution in [0.15, 0.2) is 24.3 Å². The van der Waals surface area contributed by atoms with Crippen molar-refractivity contribution in [3.8, 4) is 0 Å². The van der Waals surface area contributed by atoms with Gasteiger partial charge in [0, 0.05) is 24.2 Å². The molecule has 1 aromatic carbocycles. The zero-order valence-electron chi connectivity index (χ0n) is 14.2. The van der Waals surface area contributed by atoms with Crippen molar-refractivity contribution in [3.05, 3.63) is 57.4 Å². The number of esters is 1. The lowest BCUT2D eigenvalue weighted by Crippen LogP contribution is -2.25. The smallest absolute Gasteiger partial charge is 0.339 e. The van der Waals surface area contributed by atoms with Gasteiger partial charge < -0.3 is 15.0 Å². The molecule has 25 heavy (non-hydrogen) atoms. The van der Waals surface area contributed by atoms with Crippen LogP contribution in [0.4, 0.5) is 0 Å². The number of Topliss-reactive ketones (excluding diaryl/α,β-unsaturated/α-hetero) is 1. The van der Waals surface area contributed by atoms with Gasteiger partial charge in [-0.3, -0.25) is 9.59 Å². The Labute approximate surface area is 150 Å². The molecule has 0 aliphatic rings. The van der Waals surface area contributed by atoms with Crippen LogP contribution in [0.3, 0.4) is 0 Å². The summed E-state index contributed by atoms with van der Waals surface area (Å²) in [7, 11) is 1.26. The van der Waals surface area contributed by atoms with Gasteiger partial charge in [0.25, 0.3) is 0 Å². The van der Waals surface area contributed by atoms with Crippen LogP contribution < -0.4 is 5.32 Å². The second-order valence-electron chi connectivity index (χ2n) is 5.61. The monoisotopic (exact) mass is 362 g/mol. The summed E-state index contributed by atoms with van der Waals surface area (Å²) in [6, 6.07) is 7.11. The van der Waals surface area contributed by atoms with E-state index in [1.165, 1.54) is 14.0 Å². The van der Waals surface area contributed by atoms with Crippen molar-refractivity contribution in [2.24, 2.45) is 0 Å². The van der Waals surface area contributed by atoms with Crippen molar-refractivity contribution in [3.63, 3.8) is 0 Å². The van der Waals surface area contributed by atoms with E-state index in [1.807, 2.05) is 12.1 Å². The number of halogens is 1. The van der Waals surface area contributed by atoms with Gasteiger partial charge in [0.15, 0.2) is 5.78 Å². The summed E-state index contributed by atoms with van der Waals surface area (Å²) in [4.78, 5) is 38.7. The number of rotatable bonds is 6. The summed E-state index contributed by atoms with van der Waals surface area (Å²) in [5.41, 5.74) is 2.29. The van der Waals surface area contributed by atoms with Gasteiger partial charge in [0.2, 0.25) is 5.91 Å². The number of hydrogen-bond acceptors (Lipinski definition) is 4. The summed E-state index contributed by atoms with van der Waals surface area (Å²) < 4.78 is 4.76. The maximum Gasteiger partial charge on any atom is 0.339 e. The first-order valence-electron chi connectivity index (χ1n) is 7.65. The molecule has 6 nitrogen and oxygen atoms in total. The quantitative estimate of drug-likeness (QED) is 0.611. The van der Waals surface area contributed by atoms with Crippen molar-refractivity contribution in [2.45, 2.75) is 26.8 Å². The van der Waals surface area contributed by atoms with Crippen LogP contribution in [-0.4, -0.2) is 29.8 Å². The SMILES string of the molecule is COC(=O)c1c(CC(=O)NCc2ccc(Cl)cc2)[nH]c(C(C)=O)c1C. The summed E-state index contributed by atoms with van der Waals surface area (Å²) in [5.74, 6) is -1.08. The third kappa shape index (κ3) is 4.48. The number of aromatic amines is 1. The maximum atomic E-state index is 12.2. The maximum absolute atomic E-state index is 12.2.